The summed E-state index contributed by atoms with van der Waals surface area (Å²) in [6.07, 6.45) is 0. The molecule has 0 bridgehead atoms. The molecule has 0 aliphatic carbocycles. The van der Waals surface area contributed by atoms with Gasteiger partial charge in [0.15, 0.2) is 11.0 Å². The first-order valence-electron chi connectivity index (χ1n) is 7.66. The van der Waals surface area contributed by atoms with Crippen LogP contribution in [0.2, 0.25) is 0 Å². The fraction of sp³-hybridized carbons (Fsp3) is 0.235. The topological polar surface area (TPSA) is 59.8 Å². The smallest absolute Gasteiger partial charge is 0.230 e. The number of carbonyl (C=O) groups excluding carboxylic acids is 1. The predicted molar refractivity (Wildman–Crippen MR) is 98.0 cm³/mol. The largest absolute Gasteiger partial charge is 0.348 e. The Morgan fingerprint density at radius 2 is 2.12 bits per heavy atom. The zero-order valence-corrected chi connectivity index (χ0v) is 15.4. The molecule has 0 radical (unpaired) electrons. The second kappa shape index (κ2) is 7.79. The summed E-state index contributed by atoms with van der Waals surface area (Å²) in [5.41, 5.74) is 0.389. The highest BCUT2D eigenvalue weighted by atomic mass is 32.2. The molecule has 1 atom stereocenters. The van der Waals surface area contributed by atoms with Crippen molar-refractivity contribution in [2.75, 3.05) is 5.75 Å². The van der Waals surface area contributed by atoms with E-state index in [-0.39, 0.29) is 23.5 Å². The molecule has 0 saturated heterocycles. The van der Waals surface area contributed by atoms with Crippen LogP contribution in [0.15, 0.2) is 46.9 Å². The van der Waals surface area contributed by atoms with Crippen LogP contribution in [0.1, 0.15) is 17.8 Å². The highest BCUT2D eigenvalue weighted by Gasteiger charge is 2.16. The number of thiophene rings is 1. The van der Waals surface area contributed by atoms with Crippen molar-refractivity contribution in [3.63, 3.8) is 0 Å². The number of halogens is 1. The number of carbonyl (C=O) groups is 1. The number of amides is 1. The second-order valence-corrected chi connectivity index (χ2v) is 7.36. The van der Waals surface area contributed by atoms with Crippen LogP contribution in [0, 0.1) is 5.82 Å². The average Bonchev–Trinajstić information content (AvgIpc) is 3.24. The van der Waals surface area contributed by atoms with Gasteiger partial charge in [-0.05, 0) is 30.5 Å². The van der Waals surface area contributed by atoms with Crippen LogP contribution >= 0.6 is 23.1 Å². The predicted octanol–water partition coefficient (Wildman–Crippen LogP) is 3.65. The fourth-order valence-electron chi connectivity index (χ4n) is 2.34. The summed E-state index contributed by atoms with van der Waals surface area (Å²) in [6.45, 7) is 1.95. The number of benzene rings is 1. The Labute approximate surface area is 153 Å². The summed E-state index contributed by atoms with van der Waals surface area (Å²) in [5.74, 6) is 0.227. The van der Waals surface area contributed by atoms with Gasteiger partial charge in [0.2, 0.25) is 5.91 Å². The molecule has 1 amide bonds. The number of aromatic nitrogens is 3. The first kappa shape index (κ1) is 17.6. The minimum absolute atomic E-state index is 0.0263. The Bertz CT molecular complexity index is 863. The average molecular weight is 376 g/mol. The van der Waals surface area contributed by atoms with E-state index in [0.717, 1.165) is 4.88 Å². The number of nitrogens with one attached hydrogen (secondary N) is 1. The molecular weight excluding hydrogens is 359 g/mol. The van der Waals surface area contributed by atoms with E-state index in [0.29, 0.717) is 16.5 Å². The monoisotopic (exact) mass is 376 g/mol. The highest BCUT2D eigenvalue weighted by Crippen LogP contribution is 2.25. The Kier molecular flexibility index (Phi) is 5.50. The third-order valence-corrected chi connectivity index (χ3v) is 5.70. The van der Waals surface area contributed by atoms with Crippen LogP contribution in [0.25, 0.3) is 11.4 Å². The Morgan fingerprint density at radius 3 is 2.84 bits per heavy atom. The highest BCUT2D eigenvalue weighted by molar-refractivity contribution is 7.99. The number of thioether (sulfide) groups is 1. The quantitative estimate of drug-likeness (QED) is 0.667. The molecule has 1 N–H and O–H groups in total. The molecular formula is C17H17FN4OS2. The van der Waals surface area contributed by atoms with E-state index in [1.807, 2.05) is 24.4 Å². The van der Waals surface area contributed by atoms with Crippen molar-refractivity contribution in [1.82, 2.24) is 20.1 Å². The molecule has 0 aliphatic rings. The number of nitrogens with zero attached hydrogens (tertiary/aromatic N) is 3. The standard InChI is InChI=1S/C17H17FN4OS2/c1-11(14-8-5-9-24-14)19-15(23)10-25-17-21-20-16(22(17)2)12-6-3-4-7-13(12)18/h3-9,11H,10H2,1-2H3,(H,19,23)/t11-/m0/s1. The summed E-state index contributed by atoms with van der Waals surface area (Å²) in [5, 5.41) is 13.6. The van der Waals surface area contributed by atoms with Crippen LogP contribution in [0.3, 0.4) is 0 Å². The molecule has 2 aromatic heterocycles. The number of hydrogen-bond acceptors (Lipinski definition) is 5. The van der Waals surface area contributed by atoms with E-state index in [1.54, 1.807) is 41.2 Å². The maximum Gasteiger partial charge on any atom is 0.230 e. The van der Waals surface area contributed by atoms with Gasteiger partial charge in [-0.1, -0.05) is 30.0 Å². The minimum Gasteiger partial charge on any atom is -0.348 e. The first-order chi connectivity index (χ1) is 12.1. The number of rotatable bonds is 6. The van der Waals surface area contributed by atoms with Crippen molar-refractivity contribution in [1.29, 1.82) is 0 Å². The molecule has 3 aromatic rings. The lowest BCUT2D eigenvalue weighted by Gasteiger charge is -2.11. The molecule has 2 heterocycles. The molecule has 0 aliphatic heterocycles. The van der Waals surface area contributed by atoms with E-state index >= 15 is 0 Å². The Hall–Kier alpha value is -2.19. The summed E-state index contributed by atoms with van der Waals surface area (Å²) >= 11 is 2.88. The summed E-state index contributed by atoms with van der Waals surface area (Å²) in [6, 6.07) is 10.3. The number of hydrogen-bond donors (Lipinski definition) is 1. The van der Waals surface area contributed by atoms with Crippen molar-refractivity contribution in [2.24, 2.45) is 7.05 Å². The molecule has 130 valence electrons. The van der Waals surface area contributed by atoms with Gasteiger partial charge < -0.3 is 9.88 Å². The van der Waals surface area contributed by atoms with Crippen LogP contribution in [0.4, 0.5) is 4.39 Å². The third-order valence-electron chi connectivity index (χ3n) is 3.63. The van der Waals surface area contributed by atoms with Gasteiger partial charge in [0.1, 0.15) is 5.82 Å². The van der Waals surface area contributed by atoms with Gasteiger partial charge in [0.25, 0.3) is 0 Å². The summed E-state index contributed by atoms with van der Waals surface area (Å²) in [4.78, 5) is 13.2. The lowest BCUT2D eigenvalue weighted by atomic mass is 10.2. The van der Waals surface area contributed by atoms with Crippen molar-refractivity contribution in [2.45, 2.75) is 18.1 Å². The van der Waals surface area contributed by atoms with E-state index in [2.05, 4.69) is 15.5 Å². The zero-order chi connectivity index (χ0) is 17.8. The van der Waals surface area contributed by atoms with Gasteiger partial charge in [0.05, 0.1) is 17.4 Å². The molecule has 0 fully saturated rings. The third kappa shape index (κ3) is 4.08. The van der Waals surface area contributed by atoms with E-state index < -0.39 is 0 Å². The van der Waals surface area contributed by atoms with Crippen molar-refractivity contribution >= 4 is 29.0 Å². The molecule has 0 saturated carbocycles. The summed E-state index contributed by atoms with van der Waals surface area (Å²) < 4.78 is 15.6. The SMILES string of the molecule is C[C@H](NC(=O)CSc1nnc(-c2ccccc2F)n1C)c1cccs1. The molecule has 5 nitrogen and oxygen atoms in total. The normalized spacial score (nSPS) is 12.1. The molecule has 1 aromatic carbocycles. The van der Waals surface area contributed by atoms with E-state index in [9.17, 15) is 9.18 Å². The maximum atomic E-state index is 13.9. The minimum atomic E-state index is -0.350. The van der Waals surface area contributed by atoms with Crippen molar-refractivity contribution < 1.29 is 9.18 Å². The molecule has 25 heavy (non-hydrogen) atoms. The Morgan fingerprint density at radius 1 is 1.32 bits per heavy atom. The summed E-state index contributed by atoms with van der Waals surface area (Å²) in [7, 11) is 1.76. The lowest BCUT2D eigenvalue weighted by molar-refractivity contribution is -0.119. The van der Waals surface area contributed by atoms with Gasteiger partial charge in [-0.25, -0.2) is 4.39 Å². The van der Waals surface area contributed by atoms with Crippen LogP contribution in [0.5, 0.6) is 0 Å². The zero-order valence-electron chi connectivity index (χ0n) is 13.8. The first-order valence-corrected chi connectivity index (χ1v) is 9.52. The van der Waals surface area contributed by atoms with Crippen LogP contribution in [-0.2, 0) is 11.8 Å². The van der Waals surface area contributed by atoms with Crippen LogP contribution in [-0.4, -0.2) is 26.4 Å². The van der Waals surface area contributed by atoms with Gasteiger partial charge in [-0.2, -0.15) is 0 Å². The lowest BCUT2D eigenvalue weighted by Crippen LogP contribution is -2.27. The van der Waals surface area contributed by atoms with Gasteiger partial charge >= 0.3 is 0 Å². The van der Waals surface area contributed by atoms with E-state index in [4.69, 9.17) is 0 Å². The molecule has 0 unspecified atom stereocenters. The molecule has 8 heteroatoms. The van der Waals surface area contributed by atoms with Crippen molar-refractivity contribution in [3.05, 3.63) is 52.5 Å². The van der Waals surface area contributed by atoms with Crippen LogP contribution < -0.4 is 5.32 Å². The van der Waals surface area contributed by atoms with Gasteiger partial charge in [-0.3, -0.25) is 4.79 Å². The Balaban J connectivity index is 1.62. The molecule has 3 rings (SSSR count). The molecule has 0 spiro atoms. The van der Waals surface area contributed by atoms with Gasteiger partial charge in [-0.15, -0.1) is 21.5 Å². The fourth-order valence-corrected chi connectivity index (χ4v) is 3.80. The van der Waals surface area contributed by atoms with Gasteiger partial charge in [0, 0.05) is 11.9 Å². The van der Waals surface area contributed by atoms with E-state index in [1.165, 1.54) is 17.8 Å². The maximum absolute atomic E-state index is 13.9. The second-order valence-electron chi connectivity index (χ2n) is 5.44. The van der Waals surface area contributed by atoms with Crippen molar-refractivity contribution in [3.8, 4) is 11.4 Å².